The first kappa shape index (κ1) is 21.9. The molecule has 1 atom stereocenters. The van der Waals surface area contributed by atoms with Gasteiger partial charge in [-0.05, 0) is 38.1 Å². The molecular weight excluding hydrogens is 395 g/mol. The van der Waals surface area contributed by atoms with Crippen LogP contribution in [-0.4, -0.2) is 38.0 Å². The molecule has 7 nitrogen and oxygen atoms in total. The Balaban J connectivity index is 2.24. The van der Waals surface area contributed by atoms with Crippen LogP contribution in [0, 0.1) is 5.82 Å². The zero-order valence-corrected chi connectivity index (χ0v) is 17.3. The molecule has 8 heteroatoms. The van der Waals surface area contributed by atoms with Crippen molar-refractivity contribution in [2.45, 2.75) is 25.9 Å². The molecule has 0 amide bonds. The van der Waals surface area contributed by atoms with Crippen molar-refractivity contribution >= 4 is 0 Å². The number of hydrogen-bond donors (Lipinski definition) is 2. The highest BCUT2D eigenvalue weighted by Gasteiger charge is 2.46. The molecule has 2 aromatic rings. The van der Waals surface area contributed by atoms with Crippen molar-refractivity contribution in [1.82, 2.24) is 0 Å². The van der Waals surface area contributed by atoms with Crippen LogP contribution in [0.25, 0.3) is 0 Å². The molecule has 1 unspecified atom stereocenters. The second-order valence-electron chi connectivity index (χ2n) is 7.09. The van der Waals surface area contributed by atoms with E-state index in [0.29, 0.717) is 0 Å². The van der Waals surface area contributed by atoms with Crippen LogP contribution in [0.4, 0.5) is 4.39 Å². The summed E-state index contributed by atoms with van der Waals surface area (Å²) >= 11 is 0. The number of rotatable bonds is 8. The Hall–Kier alpha value is -2.81. The highest BCUT2D eigenvalue weighted by Crippen LogP contribution is 2.56. The first-order valence-electron chi connectivity index (χ1n) is 9.30. The van der Waals surface area contributed by atoms with Gasteiger partial charge >= 0.3 is 0 Å². The van der Waals surface area contributed by atoms with Gasteiger partial charge in [-0.3, -0.25) is 0 Å². The molecular formula is C22H25FO7. The van der Waals surface area contributed by atoms with Gasteiger partial charge in [0.05, 0.1) is 11.1 Å². The SMILES string of the molecule is COCOc1ccc2c(c1F)C(O)(CC=C(C)C)c1c(O)ccc(OCOC)c1O2. The minimum atomic E-state index is -1.94. The van der Waals surface area contributed by atoms with E-state index in [0.717, 1.165) is 5.57 Å². The molecule has 0 spiro atoms. The molecule has 2 N–H and O–H groups in total. The average Bonchev–Trinajstić information content (AvgIpc) is 2.71. The number of phenols is 1. The molecule has 0 aromatic heterocycles. The summed E-state index contributed by atoms with van der Waals surface area (Å²) in [6, 6.07) is 5.72. The van der Waals surface area contributed by atoms with Crippen LogP contribution in [0.5, 0.6) is 28.7 Å². The summed E-state index contributed by atoms with van der Waals surface area (Å²) in [7, 11) is 2.88. The number of benzene rings is 2. The van der Waals surface area contributed by atoms with Gasteiger partial charge in [-0.25, -0.2) is 4.39 Å². The van der Waals surface area contributed by atoms with Crippen molar-refractivity contribution in [3.63, 3.8) is 0 Å². The van der Waals surface area contributed by atoms with Gasteiger partial charge < -0.3 is 33.9 Å². The summed E-state index contributed by atoms with van der Waals surface area (Å²) < 4.78 is 41.9. The van der Waals surface area contributed by atoms with Crippen LogP contribution < -0.4 is 14.2 Å². The van der Waals surface area contributed by atoms with Gasteiger partial charge in [0.25, 0.3) is 0 Å². The molecule has 0 radical (unpaired) electrons. The zero-order valence-electron chi connectivity index (χ0n) is 17.3. The van der Waals surface area contributed by atoms with Crippen LogP contribution in [0.15, 0.2) is 35.9 Å². The Kier molecular flexibility index (Phi) is 6.50. The fourth-order valence-corrected chi connectivity index (χ4v) is 3.32. The van der Waals surface area contributed by atoms with Crippen LogP contribution in [0.1, 0.15) is 31.4 Å². The number of halogens is 1. The summed E-state index contributed by atoms with van der Waals surface area (Å²) in [5.74, 6) is -0.748. The maximum atomic E-state index is 15.5. The Morgan fingerprint density at radius 3 is 2.30 bits per heavy atom. The molecule has 3 rings (SSSR count). The third kappa shape index (κ3) is 3.94. The number of hydrogen-bond acceptors (Lipinski definition) is 7. The Morgan fingerprint density at radius 2 is 1.67 bits per heavy atom. The van der Waals surface area contributed by atoms with E-state index >= 15 is 4.39 Å². The topological polar surface area (TPSA) is 86.6 Å². The summed E-state index contributed by atoms with van der Waals surface area (Å²) in [6.07, 6.45) is 1.74. The quantitative estimate of drug-likeness (QED) is 0.489. The Morgan fingerprint density at radius 1 is 1.03 bits per heavy atom. The smallest absolute Gasteiger partial charge is 0.188 e. The van der Waals surface area contributed by atoms with Gasteiger partial charge in [0.2, 0.25) is 0 Å². The lowest BCUT2D eigenvalue weighted by Gasteiger charge is -2.37. The van der Waals surface area contributed by atoms with Gasteiger partial charge in [0, 0.05) is 20.6 Å². The fraction of sp³-hybridized carbons (Fsp3) is 0.364. The summed E-state index contributed by atoms with van der Waals surface area (Å²) in [5.41, 5.74) is -1.16. The predicted octanol–water partition coefficient (Wildman–Crippen LogP) is 4.19. The van der Waals surface area contributed by atoms with E-state index in [-0.39, 0.29) is 59.9 Å². The number of methoxy groups -OCH3 is 2. The highest BCUT2D eigenvalue weighted by atomic mass is 19.1. The Labute approximate surface area is 174 Å². The third-order valence-electron chi connectivity index (χ3n) is 4.68. The highest BCUT2D eigenvalue weighted by molar-refractivity contribution is 5.66. The lowest BCUT2D eigenvalue weighted by molar-refractivity contribution is 0.0399. The molecule has 0 aliphatic carbocycles. The van der Waals surface area contributed by atoms with Crippen LogP contribution in [-0.2, 0) is 15.1 Å². The molecule has 162 valence electrons. The third-order valence-corrected chi connectivity index (χ3v) is 4.68. The number of ether oxygens (including phenoxy) is 5. The number of fused-ring (bicyclic) bond motifs is 2. The van der Waals surface area contributed by atoms with Crippen molar-refractivity contribution in [3.05, 3.63) is 52.9 Å². The zero-order chi connectivity index (χ0) is 21.9. The molecule has 0 bridgehead atoms. The fourth-order valence-electron chi connectivity index (χ4n) is 3.32. The van der Waals surface area contributed by atoms with Crippen LogP contribution >= 0.6 is 0 Å². The van der Waals surface area contributed by atoms with E-state index in [1.165, 1.54) is 38.5 Å². The van der Waals surface area contributed by atoms with Crippen molar-refractivity contribution in [2.75, 3.05) is 27.8 Å². The lowest BCUT2D eigenvalue weighted by atomic mass is 9.79. The molecule has 0 saturated heterocycles. The molecule has 1 aliphatic rings. The average molecular weight is 420 g/mol. The molecule has 1 aliphatic heterocycles. The first-order chi connectivity index (χ1) is 14.3. The maximum Gasteiger partial charge on any atom is 0.188 e. The van der Waals surface area contributed by atoms with Gasteiger partial charge in [0.15, 0.2) is 36.7 Å². The second kappa shape index (κ2) is 8.91. The summed E-state index contributed by atoms with van der Waals surface area (Å²) in [6.45, 7) is 3.48. The minimum absolute atomic E-state index is 0.00361. The maximum absolute atomic E-state index is 15.5. The molecule has 0 fully saturated rings. The molecule has 1 heterocycles. The minimum Gasteiger partial charge on any atom is -0.507 e. The monoisotopic (exact) mass is 420 g/mol. The summed E-state index contributed by atoms with van der Waals surface area (Å²) in [4.78, 5) is 0. The lowest BCUT2D eigenvalue weighted by Crippen LogP contribution is -2.32. The first-order valence-corrected chi connectivity index (χ1v) is 9.30. The number of aromatic hydroxyl groups is 1. The van der Waals surface area contributed by atoms with Crippen LogP contribution in [0.2, 0.25) is 0 Å². The number of phenolic OH excluding ortho intramolecular Hbond substituents is 1. The van der Waals surface area contributed by atoms with E-state index in [1.807, 2.05) is 13.8 Å². The van der Waals surface area contributed by atoms with E-state index in [4.69, 9.17) is 23.7 Å². The molecule has 0 saturated carbocycles. The van der Waals surface area contributed by atoms with Crippen molar-refractivity contribution < 1.29 is 38.3 Å². The van der Waals surface area contributed by atoms with Gasteiger partial charge in [-0.1, -0.05) is 11.6 Å². The van der Waals surface area contributed by atoms with Gasteiger partial charge in [-0.15, -0.1) is 0 Å². The van der Waals surface area contributed by atoms with E-state index < -0.39 is 11.4 Å². The van der Waals surface area contributed by atoms with Gasteiger partial charge in [-0.2, -0.15) is 0 Å². The normalized spacial score (nSPS) is 16.9. The van der Waals surface area contributed by atoms with Crippen molar-refractivity contribution in [2.24, 2.45) is 0 Å². The molecule has 30 heavy (non-hydrogen) atoms. The van der Waals surface area contributed by atoms with Crippen LogP contribution in [0.3, 0.4) is 0 Å². The standard InChI is InChI=1S/C22H25FO7/c1-13(2)9-10-22(25)18-14(24)5-6-17(29-12-27-4)21(18)30-15-7-8-16(28-11-26-3)20(23)19(15)22/h5-9,24-25H,10-12H2,1-4H3. The van der Waals surface area contributed by atoms with Crippen molar-refractivity contribution in [3.8, 4) is 28.7 Å². The van der Waals surface area contributed by atoms with E-state index in [9.17, 15) is 10.2 Å². The predicted molar refractivity (Wildman–Crippen MR) is 107 cm³/mol. The largest absolute Gasteiger partial charge is 0.507 e. The van der Waals surface area contributed by atoms with E-state index in [1.54, 1.807) is 6.08 Å². The Bertz CT molecular complexity index is 949. The summed E-state index contributed by atoms with van der Waals surface area (Å²) in [5, 5.41) is 22.4. The van der Waals surface area contributed by atoms with E-state index in [2.05, 4.69) is 0 Å². The van der Waals surface area contributed by atoms with Crippen molar-refractivity contribution in [1.29, 1.82) is 0 Å². The number of allylic oxidation sites excluding steroid dienone is 1. The second-order valence-corrected chi connectivity index (χ2v) is 7.09. The van der Waals surface area contributed by atoms with Gasteiger partial charge in [0.1, 0.15) is 17.1 Å². The molecule has 2 aromatic carbocycles. The number of aliphatic hydroxyl groups is 1.